The Labute approximate surface area is 140 Å². The van der Waals surface area contributed by atoms with E-state index in [1.165, 1.54) is 0 Å². The molecule has 3 N–H and O–H groups in total. The van der Waals surface area contributed by atoms with Gasteiger partial charge in [-0.15, -0.1) is 0 Å². The van der Waals surface area contributed by atoms with Crippen LogP contribution in [0.4, 0.5) is 14.9 Å². The maximum Gasteiger partial charge on any atom is 0.319 e. The average molecular weight is 332 g/mol. The van der Waals surface area contributed by atoms with Crippen LogP contribution in [0.5, 0.6) is 5.75 Å². The predicted octanol–water partition coefficient (Wildman–Crippen LogP) is 2.76. The van der Waals surface area contributed by atoms with Crippen molar-refractivity contribution in [1.29, 1.82) is 0 Å². The summed E-state index contributed by atoms with van der Waals surface area (Å²) in [7, 11) is 0. The molecule has 6 heteroatoms. The second-order valence-corrected chi connectivity index (χ2v) is 5.24. The van der Waals surface area contributed by atoms with Gasteiger partial charge in [0.25, 0.3) is 0 Å². The number of hydrogen-bond donors (Lipinski definition) is 3. The van der Waals surface area contributed by atoms with Crippen LogP contribution in [-0.4, -0.2) is 37.1 Å². The molecule has 0 heterocycles. The fourth-order valence-electron chi connectivity index (χ4n) is 2.16. The van der Waals surface area contributed by atoms with Crippen LogP contribution < -0.4 is 15.4 Å². The zero-order chi connectivity index (χ0) is 17.2. The number of benzene rings is 2. The van der Waals surface area contributed by atoms with Gasteiger partial charge in [0, 0.05) is 24.7 Å². The molecular formula is C18H21FN2O3. The molecule has 24 heavy (non-hydrogen) atoms. The first-order valence-corrected chi connectivity index (χ1v) is 7.73. The van der Waals surface area contributed by atoms with Crippen LogP contribution in [0.2, 0.25) is 0 Å². The molecule has 0 saturated carbocycles. The summed E-state index contributed by atoms with van der Waals surface area (Å²) in [5, 5.41) is 15.2. The number of carbonyl (C=O) groups is 1. The molecular weight excluding hydrogens is 311 g/mol. The number of urea groups is 1. The van der Waals surface area contributed by atoms with Gasteiger partial charge < -0.3 is 20.5 Å². The molecule has 0 bridgehead atoms. The van der Waals surface area contributed by atoms with E-state index < -0.39 is 18.8 Å². The third-order valence-corrected chi connectivity index (χ3v) is 3.25. The Morgan fingerprint density at radius 2 is 1.96 bits per heavy atom. The molecule has 1 unspecified atom stereocenters. The summed E-state index contributed by atoms with van der Waals surface area (Å²) in [6.45, 7) is -0.461. The Hall–Kier alpha value is -2.60. The minimum Gasteiger partial charge on any atom is -0.491 e. The SMILES string of the molecule is O=C(NCC(O)Cc1ccccc1)Nc1cccc(OCCF)c1. The van der Waals surface area contributed by atoms with Crippen LogP contribution >= 0.6 is 0 Å². The Morgan fingerprint density at radius 1 is 1.17 bits per heavy atom. The molecule has 0 spiro atoms. The van der Waals surface area contributed by atoms with Crippen molar-refractivity contribution in [1.82, 2.24) is 5.32 Å². The van der Waals surface area contributed by atoms with E-state index in [1.54, 1.807) is 24.3 Å². The minimum atomic E-state index is -0.669. The van der Waals surface area contributed by atoms with Crippen LogP contribution in [0.3, 0.4) is 0 Å². The predicted molar refractivity (Wildman–Crippen MR) is 91.1 cm³/mol. The number of hydrogen-bond acceptors (Lipinski definition) is 3. The number of aliphatic hydroxyl groups is 1. The third-order valence-electron chi connectivity index (χ3n) is 3.25. The minimum absolute atomic E-state index is 0.0265. The highest BCUT2D eigenvalue weighted by molar-refractivity contribution is 5.89. The molecule has 2 aromatic rings. The first-order chi connectivity index (χ1) is 11.7. The normalized spacial score (nSPS) is 11.6. The summed E-state index contributed by atoms with van der Waals surface area (Å²) in [6.07, 6.45) is -0.203. The lowest BCUT2D eigenvalue weighted by atomic mass is 10.1. The summed E-state index contributed by atoms with van der Waals surface area (Å²) in [4.78, 5) is 11.9. The van der Waals surface area contributed by atoms with E-state index in [-0.39, 0.29) is 13.2 Å². The van der Waals surface area contributed by atoms with Gasteiger partial charge in [-0.3, -0.25) is 0 Å². The van der Waals surface area contributed by atoms with Crippen LogP contribution in [0.25, 0.3) is 0 Å². The van der Waals surface area contributed by atoms with Crippen molar-refractivity contribution in [3.63, 3.8) is 0 Å². The van der Waals surface area contributed by atoms with Crippen molar-refractivity contribution in [2.45, 2.75) is 12.5 Å². The van der Waals surface area contributed by atoms with Gasteiger partial charge in [0.15, 0.2) is 0 Å². The number of anilines is 1. The number of amides is 2. The van der Waals surface area contributed by atoms with Crippen molar-refractivity contribution in [3.05, 3.63) is 60.2 Å². The van der Waals surface area contributed by atoms with E-state index in [1.807, 2.05) is 30.3 Å². The molecule has 0 aliphatic carbocycles. The first kappa shape index (κ1) is 17.7. The van der Waals surface area contributed by atoms with Gasteiger partial charge in [-0.2, -0.15) is 0 Å². The number of rotatable bonds is 8. The van der Waals surface area contributed by atoms with E-state index in [9.17, 15) is 14.3 Å². The third kappa shape index (κ3) is 6.26. The monoisotopic (exact) mass is 332 g/mol. The van der Waals surface area contributed by atoms with Gasteiger partial charge in [-0.25, -0.2) is 9.18 Å². The number of ether oxygens (including phenoxy) is 1. The highest BCUT2D eigenvalue weighted by atomic mass is 19.1. The number of aliphatic hydroxyl groups excluding tert-OH is 1. The largest absolute Gasteiger partial charge is 0.491 e. The quantitative estimate of drug-likeness (QED) is 0.696. The average Bonchev–Trinajstić information content (AvgIpc) is 2.59. The van der Waals surface area contributed by atoms with Gasteiger partial charge in [0.05, 0.1) is 6.10 Å². The smallest absolute Gasteiger partial charge is 0.319 e. The summed E-state index contributed by atoms with van der Waals surface area (Å²) in [5.74, 6) is 0.481. The van der Waals surface area contributed by atoms with Crippen LogP contribution in [0.1, 0.15) is 5.56 Å². The maximum atomic E-state index is 12.1. The number of alkyl halides is 1. The Morgan fingerprint density at radius 3 is 2.71 bits per heavy atom. The van der Waals surface area contributed by atoms with Crippen molar-refractivity contribution in [2.24, 2.45) is 0 Å². The topological polar surface area (TPSA) is 70.6 Å². The van der Waals surface area contributed by atoms with Gasteiger partial charge in [-0.05, 0) is 17.7 Å². The Bertz CT molecular complexity index is 637. The highest BCUT2D eigenvalue weighted by Gasteiger charge is 2.08. The Balaban J connectivity index is 1.76. The second-order valence-electron chi connectivity index (χ2n) is 5.24. The molecule has 0 fully saturated rings. The molecule has 2 amide bonds. The van der Waals surface area contributed by atoms with Crippen LogP contribution in [0.15, 0.2) is 54.6 Å². The lowest BCUT2D eigenvalue weighted by Crippen LogP contribution is -2.36. The van der Waals surface area contributed by atoms with E-state index in [4.69, 9.17) is 4.74 Å². The van der Waals surface area contributed by atoms with Crippen molar-refractivity contribution in [2.75, 3.05) is 25.1 Å². The molecule has 2 aromatic carbocycles. The molecule has 0 aliphatic rings. The standard InChI is InChI=1S/C18H21FN2O3/c19-9-10-24-17-8-4-7-15(12-17)21-18(23)20-13-16(22)11-14-5-2-1-3-6-14/h1-8,12,16,22H,9-11,13H2,(H2,20,21,23). The van der Waals surface area contributed by atoms with Crippen LogP contribution in [-0.2, 0) is 6.42 Å². The van der Waals surface area contributed by atoms with E-state index in [2.05, 4.69) is 10.6 Å². The van der Waals surface area contributed by atoms with Crippen LogP contribution in [0, 0.1) is 0 Å². The number of halogens is 1. The fourth-order valence-corrected chi connectivity index (χ4v) is 2.16. The van der Waals surface area contributed by atoms with Crippen molar-refractivity contribution < 1.29 is 19.0 Å². The zero-order valence-corrected chi connectivity index (χ0v) is 13.2. The summed E-state index contributed by atoms with van der Waals surface area (Å²) < 4.78 is 17.2. The highest BCUT2D eigenvalue weighted by Crippen LogP contribution is 2.17. The molecule has 5 nitrogen and oxygen atoms in total. The van der Waals surface area contributed by atoms with Gasteiger partial charge in [0.1, 0.15) is 19.0 Å². The summed E-state index contributed by atoms with van der Waals surface area (Å²) in [6, 6.07) is 15.8. The van der Waals surface area contributed by atoms with Gasteiger partial charge in [0.2, 0.25) is 0 Å². The molecule has 0 aromatic heterocycles. The molecule has 128 valence electrons. The molecule has 1 atom stereocenters. The fraction of sp³-hybridized carbons (Fsp3) is 0.278. The number of nitrogens with one attached hydrogen (secondary N) is 2. The molecule has 0 radical (unpaired) electrons. The number of carbonyl (C=O) groups excluding carboxylic acids is 1. The van der Waals surface area contributed by atoms with E-state index >= 15 is 0 Å². The summed E-state index contributed by atoms with van der Waals surface area (Å²) >= 11 is 0. The maximum absolute atomic E-state index is 12.1. The van der Waals surface area contributed by atoms with Gasteiger partial charge >= 0.3 is 6.03 Å². The summed E-state index contributed by atoms with van der Waals surface area (Å²) in [5.41, 5.74) is 1.53. The lowest BCUT2D eigenvalue weighted by molar-refractivity contribution is 0.172. The molecule has 0 saturated heterocycles. The lowest BCUT2D eigenvalue weighted by Gasteiger charge is -2.13. The first-order valence-electron chi connectivity index (χ1n) is 7.73. The van der Waals surface area contributed by atoms with E-state index in [0.717, 1.165) is 5.56 Å². The second kappa shape index (κ2) is 9.52. The van der Waals surface area contributed by atoms with Crippen molar-refractivity contribution in [3.8, 4) is 5.75 Å². The van der Waals surface area contributed by atoms with E-state index in [0.29, 0.717) is 17.9 Å². The zero-order valence-electron chi connectivity index (χ0n) is 13.2. The van der Waals surface area contributed by atoms with Crippen molar-refractivity contribution >= 4 is 11.7 Å². The molecule has 0 aliphatic heterocycles. The Kier molecular flexibility index (Phi) is 7.04. The molecule has 2 rings (SSSR count). The van der Waals surface area contributed by atoms with Gasteiger partial charge in [-0.1, -0.05) is 36.4 Å².